The summed E-state index contributed by atoms with van der Waals surface area (Å²) < 4.78 is 14.9. The van der Waals surface area contributed by atoms with E-state index in [1.807, 2.05) is 0 Å². The summed E-state index contributed by atoms with van der Waals surface area (Å²) in [6.45, 7) is 6.42. The summed E-state index contributed by atoms with van der Waals surface area (Å²) in [5.41, 5.74) is 0.401. The summed E-state index contributed by atoms with van der Waals surface area (Å²) in [5, 5.41) is 0. The second-order valence-electron chi connectivity index (χ2n) is 3.16. The molecule has 0 heterocycles. The Balaban J connectivity index is 3.80. The molecule has 0 aliphatic heterocycles. The van der Waals surface area contributed by atoms with Gasteiger partial charge >= 0.3 is 5.97 Å². The first-order valence-corrected chi connectivity index (χ1v) is 4.42. The molecule has 0 aromatic rings. The van der Waals surface area contributed by atoms with E-state index in [0.29, 0.717) is 25.4 Å². The first-order valence-electron chi connectivity index (χ1n) is 4.42. The molecule has 0 saturated heterocycles. The highest BCUT2D eigenvalue weighted by molar-refractivity contribution is 5.86. The highest BCUT2D eigenvalue weighted by Gasteiger charge is 2.11. The quantitative estimate of drug-likeness (QED) is 0.456. The van der Waals surface area contributed by atoms with Gasteiger partial charge in [-0.25, -0.2) is 4.79 Å². The van der Waals surface area contributed by atoms with Crippen LogP contribution >= 0.6 is 0 Å². The van der Waals surface area contributed by atoms with E-state index in [1.54, 1.807) is 21.1 Å². The van der Waals surface area contributed by atoms with E-state index in [2.05, 4.69) is 6.58 Å². The number of hydrogen-bond donors (Lipinski definition) is 0. The van der Waals surface area contributed by atoms with Crippen LogP contribution in [0.2, 0.25) is 0 Å². The highest BCUT2D eigenvalue weighted by Crippen LogP contribution is 2.01. The van der Waals surface area contributed by atoms with Gasteiger partial charge in [0.2, 0.25) is 0 Å². The fourth-order valence-corrected chi connectivity index (χ4v) is 0.932. The lowest BCUT2D eigenvalue weighted by Gasteiger charge is -2.14. The van der Waals surface area contributed by atoms with Gasteiger partial charge in [0.25, 0.3) is 0 Å². The molecule has 0 amide bonds. The van der Waals surface area contributed by atoms with Crippen LogP contribution in [0.4, 0.5) is 0 Å². The summed E-state index contributed by atoms with van der Waals surface area (Å²) >= 11 is 0. The Bertz CT molecular complexity index is 183. The number of hydrogen-bond acceptors (Lipinski definition) is 4. The molecule has 0 rings (SSSR count). The van der Waals surface area contributed by atoms with Crippen LogP contribution in [0.5, 0.6) is 0 Å². The van der Waals surface area contributed by atoms with Gasteiger partial charge in [0, 0.05) is 25.7 Å². The molecule has 0 aliphatic carbocycles. The minimum Gasteiger partial charge on any atom is -0.462 e. The van der Waals surface area contributed by atoms with Crippen molar-refractivity contribution >= 4 is 5.97 Å². The lowest BCUT2D eigenvalue weighted by atomic mass is 10.2. The number of esters is 1. The molecule has 0 bridgehead atoms. The molecule has 0 radical (unpaired) electrons. The third-order valence-electron chi connectivity index (χ3n) is 1.60. The van der Waals surface area contributed by atoms with Gasteiger partial charge in [0.15, 0.2) is 0 Å². The Labute approximate surface area is 84.8 Å². The minimum absolute atomic E-state index is 0.0771. The van der Waals surface area contributed by atoms with Crippen molar-refractivity contribution in [3.63, 3.8) is 0 Å². The van der Waals surface area contributed by atoms with Gasteiger partial charge in [-0.1, -0.05) is 6.58 Å². The molecular formula is C10H18O4. The van der Waals surface area contributed by atoms with Crippen molar-refractivity contribution in [1.82, 2.24) is 0 Å². The Morgan fingerprint density at radius 2 is 1.71 bits per heavy atom. The molecule has 0 spiro atoms. The van der Waals surface area contributed by atoms with Crippen molar-refractivity contribution < 1.29 is 19.0 Å². The standard InChI is InChI=1S/C10H18O4/c1-8(2)10(11)14-7-9(5-12-3)6-13-4/h9H,1,5-7H2,2-4H3. The SMILES string of the molecule is C=C(C)C(=O)OCC(COC)COC. The topological polar surface area (TPSA) is 44.8 Å². The first-order chi connectivity index (χ1) is 6.61. The maximum Gasteiger partial charge on any atom is 0.333 e. The molecule has 0 aliphatic rings. The Hall–Kier alpha value is -0.870. The maximum absolute atomic E-state index is 11.1. The second kappa shape index (κ2) is 7.53. The number of rotatable bonds is 7. The molecule has 0 fully saturated rings. The van der Waals surface area contributed by atoms with Gasteiger partial charge in [-0.2, -0.15) is 0 Å². The van der Waals surface area contributed by atoms with Crippen LogP contribution in [0.1, 0.15) is 6.92 Å². The average molecular weight is 202 g/mol. The van der Waals surface area contributed by atoms with Crippen molar-refractivity contribution in [2.75, 3.05) is 34.0 Å². The normalized spacial score (nSPS) is 10.3. The fraction of sp³-hybridized carbons (Fsp3) is 0.700. The van der Waals surface area contributed by atoms with Crippen molar-refractivity contribution in [2.24, 2.45) is 5.92 Å². The van der Waals surface area contributed by atoms with Crippen LogP contribution in [0.3, 0.4) is 0 Å². The second-order valence-corrected chi connectivity index (χ2v) is 3.16. The summed E-state index contributed by atoms with van der Waals surface area (Å²) in [6.07, 6.45) is 0. The van der Waals surface area contributed by atoms with Crippen molar-refractivity contribution in [3.05, 3.63) is 12.2 Å². The monoisotopic (exact) mass is 202 g/mol. The molecule has 14 heavy (non-hydrogen) atoms. The lowest BCUT2D eigenvalue weighted by Crippen LogP contribution is -2.22. The van der Waals surface area contributed by atoms with E-state index in [1.165, 1.54) is 0 Å². The highest BCUT2D eigenvalue weighted by atomic mass is 16.5. The molecule has 0 aromatic carbocycles. The zero-order chi connectivity index (χ0) is 11.0. The molecule has 4 heteroatoms. The molecule has 0 saturated carbocycles. The Kier molecular flexibility index (Phi) is 7.06. The molecule has 4 nitrogen and oxygen atoms in total. The van der Waals surface area contributed by atoms with Crippen LogP contribution in [-0.2, 0) is 19.0 Å². The average Bonchev–Trinajstić information content (AvgIpc) is 2.14. The van der Waals surface area contributed by atoms with Crippen LogP contribution in [-0.4, -0.2) is 40.0 Å². The predicted molar refractivity (Wildman–Crippen MR) is 53.0 cm³/mol. The summed E-state index contributed by atoms with van der Waals surface area (Å²) in [4.78, 5) is 11.1. The van der Waals surface area contributed by atoms with Gasteiger partial charge in [-0.05, 0) is 6.92 Å². The van der Waals surface area contributed by atoms with E-state index in [-0.39, 0.29) is 11.9 Å². The van der Waals surface area contributed by atoms with Crippen LogP contribution < -0.4 is 0 Å². The van der Waals surface area contributed by atoms with Gasteiger partial charge in [-0.15, -0.1) is 0 Å². The van der Waals surface area contributed by atoms with E-state index >= 15 is 0 Å². The molecule has 0 aromatic heterocycles. The van der Waals surface area contributed by atoms with Crippen molar-refractivity contribution in [1.29, 1.82) is 0 Å². The number of carbonyl (C=O) groups excluding carboxylic acids is 1. The van der Waals surface area contributed by atoms with Crippen LogP contribution in [0.25, 0.3) is 0 Å². The Morgan fingerprint density at radius 1 is 1.21 bits per heavy atom. The zero-order valence-electron chi connectivity index (χ0n) is 9.04. The minimum atomic E-state index is -0.373. The third-order valence-corrected chi connectivity index (χ3v) is 1.60. The third kappa shape index (κ3) is 5.72. The smallest absolute Gasteiger partial charge is 0.333 e. The predicted octanol–water partition coefficient (Wildman–Crippen LogP) is 1.01. The number of carbonyl (C=O) groups is 1. The van der Waals surface area contributed by atoms with Crippen molar-refractivity contribution in [3.8, 4) is 0 Å². The van der Waals surface area contributed by atoms with E-state index in [4.69, 9.17) is 14.2 Å². The van der Waals surface area contributed by atoms with E-state index in [0.717, 1.165) is 0 Å². The number of methoxy groups -OCH3 is 2. The molecule has 0 unspecified atom stereocenters. The number of ether oxygens (including phenoxy) is 3. The van der Waals surface area contributed by atoms with E-state index in [9.17, 15) is 4.79 Å². The lowest BCUT2D eigenvalue weighted by molar-refractivity contribution is -0.141. The molecule has 0 N–H and O–H groups in total. The van der Waals surface area contributed by atoms with E-state index < -0.39 is 0 Å². The van der Waals surface area contributed by atoms with Gasteiger partial charge < -0.3 is 14.2 Å². The summed E-state index contributed by atoms with van der Waals surface area (Å²) in [5.74, 6) is -0.296. The van der Waals surface area contributed by atoms with Crippen LogP contribution in [0, 0.1) is 5.92 Å². The molecule has 82 valence electrons. The summed E-state index contributed by atoms with van der Waals surface area (Å²) in [6, 6.07) is 0. The first kappa shape index (κ1) is 13.1. The fourth-order valence-electron chi connectivity index (χ4n) is 0.932. The van der Waals surface area contributed by atoms with Crippen molar-refractivity contribution in [2.45, 2.75) is 6.92 Å². The Morgan fingerprint density at radius 3 is 2.07 bits per heavy atom. The van der Waals surface area contributed by atoms with Gasteiger partial charge in [-0.3, -0.25) is 0 Å². The zero-order valence-corrected chi connectivity index (χ0v) is 9.04. The van der Waals surface area contributed by atoms with Crippen LogP contribution in [0.15, 0.2) is 12.2 Å². The molecule has 0 atom stereocenters. The van der Waals surface area contributed by atoms with Gasteiger partial charge in [0.05, 0.1) is 19.8 Å². The largest absolute Gasteiger partial charge is 0.462 e. The molecular weight excluding hydrogens is 184 g/mol. The van der Waals surface area contributed by atoms with Gasteiger partial charge in [0.1, 0.15) is 0 Å². The maximum atomic E-state index is 11.1. The summed E-state index contributed by atoms with van der Waals surface area (Å²) in [7, 11) is 3.20.